The standard InChI is InChI=1S/C13H17BrN2O/c1-8-5-10(14)6-11-12(8)15-7-13(3,4)16(11)9(2)17/h5-6,15H,7H2,1-4H3. The molecule has 0 radical (unpaired) electrons. The van der Waals surface area contributed by atoms with E-state index in [2.05, 4.69) is 41.2 Å². The number of carbonyl (C=O) groups excluding carboxylic acids is 1. The van der Waals surface area contributed by atoms with Crippen LogP contribution in [0.15, 0.2) is 16.6 Å². The molecule has 0 aromatic heterocycles. The predicted octanol–water partition coefficient (Wildman–Crippen LogP) is 3.31. The van der Waals surface area contributed by atoms with Gasteiger partial charge >= 0.3 is 0 Å². The van der Waals surface area contributed by atoms with Crippen molar-refractivity contribution >= 4 is 33.2 Å². The molecule has 0 aliphatic carbocycles. The lowest BCUT2D eigenvalue weighted by Gasteiger charge is -2.44. The predicted molar refractivity (Wildman–Crippen MR) is 74.6 cm³/mol. The van der Waals surface area contributed by atoms with Crippen LogP contribution >= 0.6 is 15.9 Å². The van der Waals surface area contributed by atoms with Gasteiger partial charge in [-0.2, -0.15) is 0 Å². The Morgan fingerprint density at radius 1 is 1.47 bits per heavy atom. The van der Waals surface area contributed by atoms with Crippen molar-refractivity contribution in [3.63, 3.8) is 0 Å². The lowest BCUT2D eigenvalue weighted by molar-refractivity contribution is -0.117. The third-order valence-corrected chi connectivity index (χ3v) is 3.60. The fourth-order valence-electron chi connectivity index (χ4n) is 2.44. The molecule has 0 saturated carbocycles. The van der Waals surface area contributed by atoms with Crippen LogP contribution in [-0.2, 0) is 4.79 Å². The molecule has 1 heterocycles. The van der Waals surface area contributed by atoms with Gasteiger partial charge < -0.3 is 10.2 Å². The molecule has 1 amide bonds. The van der Waals surface area contributed by atoms with Gasteiger partial charge in [0.25, 0.3) is 0 Å². The maximum atomic E-state index is 11.9. The van der Waals surface area contributed by atoms with Crippen molar-refractivity contribution in [1.29, 1.82) is 0 Å². The Bertz CT molecular complexity index is 483. The Labute approximate surface area is 110 Å². The van der Waals surface area contributed by atoms with Gasteiger partial charge in [-0.3, -0.25) is 4.79 Å². The van der Waals surface area contributed by atoms with Gasteiger partial charge in [0.15, 0.2) is 0 Å². The number of benzene rings is 1. The Morgan fingerprint density at radius 2 is 2.12 bits per heavy atom. The minimum atomic E-state index is -0.202. The van der Waals surface area contributed by atoms with Crippen LogP contribution in [-0.4, -0.2) is 18.0 Å². The van der Waals surface area contributed by atoms with E-state index in [1.54, 1.807) is 6.92 Å². The van der Waals surface area contributed by atoms with Crippen molar-refractivity contribution in [1.82, 2.24) is 0 Å². The van der Waals surface area contributed by atoms with Crippen LogP contribution in [0.5, 0.6) is 0 Å². The number of halogens is 1. The first-order valence-corrected chi connectivity index (χ1v) is 6.47. The highest BCUT2D eigenvalue weighted by Gasteiger charge is 2.36. The number of aryl methyl sites for hydroxylation is 1. The highest BCUT2D eigenvalue weighted by Crippen LogP contribution is 2.40. The van der Waals surface area contributed by atoms with Gasteiger partial charge in [0.05, 0.1) is 16.9 Å². The number of hydrogen-bond donors (Lipinski definition) is 1. The maximum absolute atomic E-state index is 11.9. The molecule has 1 aromatic rings. The van der Waals surface area contributed by atoms with E-state index in [0.29, 0.717) is 0 Å². The fraction of sp³-hybridized carbons (Fsp3) is 0.462. The Kier molecular flexibility index (Phi) is 2.94. The number of hydrogen-bond acceptors (Lipinski definition) is 2. The van der Waals surface area contributed by atoms with E-state index < -0.39 is 0 Å². The quantitative estimate of drug-likeness (QED) is 0.796. The highest BCUT2D eigenvalue weighted by molar-refractivity contribution is 9.10. The lowest BCUT2D eigenvalue weighted by Crippen LogP contribution is -2.54. The third kappa shape index (κ3) is 2.06. The summed E-state index contributed by atoms with van der Waals surface area (Å²) in [5.41, 5.74) is 2.96. The Morgan fingerprint density at radius 3 is 2.71 bits per heavy atom. The first-order valence-electron chi connectivity index (χ1n) is 5.68. The smallest absolute Gasteiger partial charge is 0.224 e. The molecular weight excluding hydrogens is 280 g/mol. The summed E-state index contributed by atoms with van der Waals surface area (Å²) in [4.78, 5) is 13.8. The number of rotatable bonds is 0. The molecule has 4 heteroatoms. The van der Waals surface area contributed by atoms with E-state index in [4.69, 9.17) is 0 Å². The van der Waals surface area contributed by atoms with Gasteiger partial charge in [0.2, 0.25) is 5.91 Å². The summed E-state index contributed by atoms with van der Waals surface area (Å²) < 4.78 is 1.000. The van der Waals surface area contributed by atoms with Crippen molar-refractivity contribution in [2.24, 2.45) is 0 Å². The molecule has 0 bridgehead atoms. The second-order valence-corrected chi connectivity index (χ2v) is 6.05. The number of fused-ring (bicyclic) bond motifs is 1. The minimum absolute atomic E-state index is 0.0789. The van der Waals surface area contributed by atoms with Crippen molar-refractivity contribution in [2.75, 3.05) is 16.8 Å². The van der Waals surface area contributed by atoms with E-state index in [1.807, 2.05) is 17.9 Å². The summed E-state index contributed by atoms with van der Waals surface area (Å²) in [6.07, 6.45) is 0. The monoisotopic (exact) mass is 296 g/mol. The van der Waals surface area contributed by atoms with Crippen LogP contribution in [0.25, 0.3) is 0 Å². The molecule has 0 fully saturated rings. The zero-order valence-corrected chi connectivity index (χ0v) is 12.2. The number of nitrogens with zero attached hydrogens (tertiary/aromatic N) is 1. The van der Waals surface area contributed by atoms with Crippen molar-refractivity contribution in [3.8, 4) is 0 Å². The fourth-order valence-corrected chi connectivity index (χ4v) is 3.00. The Hall–Kier alpha value is -1.03. The average molecular weight is 297 g/mol. The summed E-state index contributed by atoms with van der Waals surface area (Å²) in [7, 11) is 0. The molecule has 0 saturated heterocycles. The molecule has 0 spiro atoms. The molecular formula is C13H17BrN2O. The summed E-state index contributed by atoms with van der Waals surface area (Å²) in [6, 6.07) is 4.06. The summed E-state index contributed by atoms with van der Waals surface area (Å²) in [5, 5.41) is 3.42. The topological polar surface area (TPSA) is 32.3 Å². The summed E-state index contributed by atoms with van der Waals surface area (Å²) >= 11 is 3.49. The maximum Gasteiger partial charge on any atom is 0.224 e. The second-order valence-electron chi connectivity index (χ2n) is 5.14. The highest BCUT2D eigenvalue weighted by atomic mass is 79.9. The average Bonchev–Trinajstić information content (AvgIpc) is 2.13. The van der Waals surface area contributed by atoms with Gasteiger partial charge in [-0.05, 0) is 38.5 Å². The first kappa shape index (κ1) is 12.4. The van der Waals surface area contributed by atoms with Crippen LogP contribution in [0.2, 0.25) is 0 Å². The molecule has 2 rings (SSSR count). The van der Waals surface area contributed by atoms with Crippen LogP contribution in [0, 0.1) is 6.92 Å². The molecule has 0 unspecified atom stereocenters. The number of amides is 1. The Balaban J connectivity index is 2.64. The summed E-state index contributed by atoms with van der Waals surface area (Å²) in [5.74, 6) is 0.0789. The van der Waals surface area contributed by atoms with Gasteiger partial charge in [0, 0.05) is 17.9 Å². The summed E-state index contributed by atoms with van der Waals surface area (Å²) in [6.45, 7) is 8.57. The van der Waals surface area contributed by atoms with Crippen LogP contribution < -0.4 is 10.2 Å². The number of nitrogens with one attached hydrogen (secondary N) is 1. The third-order valence-electron chi connectivity index (χ3n) is 3.14. The van der Waals surface area contributed by atoms with Crippen LogP contribution in [0.4, 0.5) is 11.4 Å². The van der Waals surface area contributed by atoms with E-state index in [9.17, 15) is 4.79 Å². The van der Waals surface area contributed by atoms with Crippen molar-refractivity contribution in [3.05, 3.63) is 22.2 Å². The molecule has 1 aliphatic heterocycles. The molecule has 1 aliphatic rings. The van der Waals surface area contributed by atoms with E-state index >= 15 is 0 Å². The molecule has 3 nitrogen and oxygen atoms in total. The molecule has 1 aromatic carbocycles. The van der Waals surface area contributed by atoms with Gasteiger partial charge in [0.1, 0.15) is 0 Å². The second kappa shape index (κ2) is 4.02. The zero-order chi connectivity index (χ0) is 12.8. The molecule has 1 N–H and O–H groups in total. The van der Waals surface area contributed by atoms with Gasteiger partial charge in [-0.15, -0.1) is 0 Å². The number of anilines is 2. The van der Waals surface area contributed by atoms with E-state index in [0.717, 1.165) is 28.0 Å². The zero-order valence-electron chi connectivity index (χ0n) is 10.6. The van der Waals surface area contributed by atoms with E-state index in [-0.39, 0.29) is 11.4 Å². The van der Waals surface area contributed by atoms with Crippen molar-refractivity contribution < 1.29 is 4.79 Å². The molecule has 0 atom stereocenters. The lowest BCUT2D eigenvalue weighted by atomic mass is 9.96. The molecule has 92 valence electrons. The van der Waals surface area contributed by atoms with Gasteiger partial charge in [-0.1, -0.05) is 15.9 Å². The van der Waals surface area contributed by atoms with E-state index in [1.165, 1.54) is 0 Å². The molecule has 17 heavy (non-hydrogen) atoms. The number of carbonyl (C=O) groups is 1. The SMILES string of the molecule is CC(=O)N1c2cc(Br)cc(C)c2NCC1(C)C. The normalized spacial score (nSPS) is 17.4. The van der Waals surface area contributed by atoms with Crippen LogP contribution in [0.3, 0.4) is 0 Å². The largest absolute Gasteiger partial charge is 0.381 e. The van der Waals surface area contributed by atoms with Crippen LogP contribution in [0.1, 0.15) is 26.3 Å². The van der Waals surface area contributed by atoms with Gasteiger partial charge in [-0.25, -0.2) is 0 Å². The minimum Gasteiger partial charge on any atom is -0.381 e. The van der Waals surface area contributed by atoms with Crippen molar-refractivity contribution in [2.45, 2.75) is 33.2 Å². The first-order chi connectivity index (χ1) is 7.83.